The van der Waals surface area contributed by atoms with Gasteiger partial charge in [0, 0.05) is 24.4 Å². The Balaban J connectivity index is 1.53. The summed E-state index contributed by atoms with van der Waals surface area (Å²) < 4.78 is 7.57. The van der Waals surface area contributed by atoms with E-state index in [0.717, 1.165) is 5.89 Å². The van der Waals surface area contributed by atoms with Crippen LogP contribution in [0.15, 0.2) is 22.9 Å². The molecule has 102 valence electrons. The molecule has 1 N–H and O–H groups in total. The van der Waals surface area contributed by atoms with Gasteiger partial charge in [-0.2, -0.15) is 5.10 Å². The zero-order valence-electron chi connectivity index (χ0n) is 11.3. The molecule has 0 aromatic carbocycles. The quantitative estimate of drug-likeness (QED) is 0.860. The van der Waals surface area contributed by atoms with Crippen LogP contribution in [0.25, 0.3) is 0 Å². The van der Waals surface area contributed by atoms with Crippen LogP contribution in [-0.2, 0) is 6.54 Å². The van der Waals surface area contributed by atoms with Crippen LogP contribution in [0.2, 0.25) is 0 Å². The smallest absolute Gasteiger partial charge is 0.230 e. The van der Waals surface area contributed by atoms with E-state index in [1.807, 2.05) is 16.9 Å². The summed E-state index contributed by atoms with van der Waals surface area (Å²) in [5, 5.41) is 15.8. The van der Waals surface area contributed by atoms with E-state index < -0.39 is 0 Å². The molecule has 0 radical (unpaired) electrons. The second kappa shape index (κ2) is 5.13. The largest absolute Gasteiger partial charge is 0.424 e. The van der Waals surface area contributed by atoms with Gasteiger partial charge in [-0.3, -0.25) is 4.68 Å². The predicted molar refractivity (Wildman–Crippen MR) is 69.5 cm³/mol. The highest BCUT2D eigenvalue weighted by molar-refractivity contribution is 5.00. The summed E-state index contributed by atoms with van der Waals surface area (Å²) in [6, 6.07) is 2.49. The topological polar surface area (TPSA) is 68.8 Å². The Morgan fingerprint density at radius 2 is 2.26 bits per heavy atom. The minimum absolute atomic E-state index is 0.274. The van der Waals surface area contributed by atoms with Crippen LogP contribution < -0.4 is 5.32 Å². The summed E-state index contributed by atoms with van der Waals surface area (Å²) in [5.74, 6) is 1.98. The molecule has 6 heteroatoms. The molecule has 0 unspecified atom stereocenters. The van der Waals surface area contributed by atoms with Crippen molar-refractivity contribution in [3.8, 4) is 0 Å². The first kappa shape index (κ1) is 12.3. The Morgan fingerprint density at radius 3 is 2.95 bits per heavy atom. The summed E-state index contributed by atoms with van der Waals surface area (Å²) in [6.07, 6.45) is 6.13. The maximum atomic E-state index is 5.62. The van der Waals surface area contributed by atoms with Gasteiger partial charge in [0.25, 0.3) is 0 Å². The van der Waals surface area contributed by atoms with Crippen LogP contribution in [0.1, 0.15) is 50.4 Å². The Bertz CT molecular complexity index is 517. The number of nitrogens with zero attached hydrogens (tertiary/aromatic N) is 4. The van der Waals surface area contributed by atoms with Crippen molar-refractivity contribution >= 4 is 0 Å². The number of nitrogens with one attached hydrogen (secondary N) is 1. The lowest BCUT2D eigenvalue weighted by Crippen LogP contribution is -2.33. The van der Waals surface area contributed by atoms with E-state index in [4.69, 9.17) is 4.42 Å². The zero-order valence-corrected chi connectivity index (χ0v) is 11.3. The lowest BCUT2D eigenvalue weighted by molar-refractivity contribution is 0.344. The normalized spacial score (nSPS) is 18.4. The van der Waals surface area contributed by atoms with Crippen molar-refractivity contribution < 1.29 is 4.42 Å². The number of hydrogen-bond acceptors (Lipinski definition) is 5. The molecule has 0 bridgehead atoms. The Kier molecular flexibility index (Phi) is 3.33. The number of aromatic nitrogens is 4. The summed E-state index contributed by atoms with van der Waals surface area (Å²) in [4.78, 5) is 0. The highest BCUT2D eigenvalue weighted by Crippen LogP contribution is 2.38. The monoisotopic (exact) mass is 261 g/mol. The average Bonchev–Trinajstić information content (AvgIpc) is 2.96. The fourth-order valence-corrected chi connectivity index (χ4v) is 2.00. The Morgan fingerprint density at radius 1 is 1.42 bits per heavy atom. The van der Waals surface area contributed by atoms with Gasteiger partial charge in [0.15, 0.2) is 0 Å². The Hall–Kier alpha value is -1.69. The van der Waals surface area contributed by atoms with E-state index in [1.165, 1.54) is 12.8 Å². The van der Waals surface area contributed by atoms with Gasteiger partial charge < -0.3 is 9.73 Å². The predicted octanol–water partition coefficient (Wildman–Crippen LogP) is 1.88. The fraction of sp³-hybridized carbons (Fsp3) is 0.615. The second-order valence-electron chi connectivity index (χ2n) is 5.20. The second-order valence-corrected chi connectivity index (χ2v) is 5.20. The van der Waals surface area contributed by atoms with Gasteiger partial charge in [-0.05, 0) is 32.8 Å². The highest BCUT2D eigenvalue weighted by Gasteiger charge is 2.29. The standard InChI is InChI=1S/C13H19N5O/c1-9(10(2)18-7-3-6-15-18)14-8-12-16-17-13(19-12)11-4-5-11/h3,6-7,9-11,14H,4-5,8H2,1-2H3/t9-,10+/m0/s1. The first-order valence-electron chi connectivity index (χ1n) is 6.79. The molecule has 2 heterocycles. The van der Waals surface area contributed by atoms with E-state index in [1.54, 1.807) is 6.20 Å². The van der Waals surface area contributed by atoms with E-state index >= 15 is 0 Å². The molecule has 0 saturated heterocycles. The van der Waals surface area contributed by atoms with E-state index in [2.05, 4.69) is 34.5 Å². The van der Waals surface area contributed by atoms with Crippen LogP contribution in [0.5, 0.6) is 0 Å². The van der Waals surface area contributed by atoms with Crippen molar-refractivity contribution in [2.75, 3.05) is 0 Å². The molecule has 0 amide bonds. The molecule has 0 spiro atoms. The van der Waals surface area contributed by atoms with Gasteiger partial charge in [0.1, 0.15) is 0 Å². The third-order valence-corrected chi connectivity index (χ3v) is 3.65. The third-order valence-electron chi connectivity index (χ3n) is 3.65. The molecular weight excluding hydrogens is 242 g/mol. The van der Waals surface area contributed by atoms with Gasteiger partial charge in [-0.1, -0.05) is 0 Å². The first-order chi connectivity index (χ1) is 9.24. The van der Waals surface area contributed by atoms with Gasteiger partial charge in [-0.25, -0.2) is 0 Å². The summed E-state index contributed by atoms with van der Waals surface area (Å²) >= 11 is 0. The molecule has 2 aromatic rings. The van der Waals surface area contributed by atoms with Gasteiger partial charge in [0.2, 0.25) is 11.8 Å². The number of hydrogen-bond donors (Lipinski definition) is 1. The van der Waals surface area contributed by atoms with Crippen LogP contribution >= 0.6 is 0 Å². The molecule has 19 heavy (non-hydrogen) atoms. The molecule has 2 atom stereocenters. The SMILES string of the molecule is C[C@H](NCc1nnc(C2CC2)o1)[C@@H](C)n1cccn1. The molecule has 6 nitrogen and oxygen atoms in total. The van der Waals surface area contributed by atoms with Crippen LogP contribution in [-0.4, -0.2) is 26.0 Å². The van der Waals surface area contributed by atoms with E-state index in [9.17, 15) is 0 Å². The summed E-state index contributed by atoms with van der Waals surface area (Å²) in [7, 11) is 0. The van der Waals surface area contributed by atoms with Crippen molar-refractivity contribution in [3.05, 3.63) is 30.2 Å². The molecule has 1 aliphatic carbocycles. The molecule has 2 aromatic heterocycles. The van der Waals surface area contributed by atoms with Crippen molar-refractivity contribution in [1.29, 1.82) is 0 Å². The number of rotatable bonds is 6. The molecular formula is C13H19N5O. The van der Waals surface area contributed by atoms with Crippen LogP contribution in [0.4, 0.5) is 0 Å². The molecule has 1 saturated carbocycles. The molecule has 0 aliphatic heterocycles. The van der Waals surface area contributed by atoms with Gasteiger partial charge in [0.05, 0.1) is 12.6 Å². The maximum absolute atomic E-state index is 5.62. The zero-order chi connectivity index (χ0) is 13.2. The van der Waals surface area contributed by atoms with Crippen molar-refractivity contribution in [2.24, 2.45) is 0 Å². The first-order valence-corrected chi connectivity index (χ1v) is 6.79. The lowest BCUT2D eigenvalue weighted by atomic mass is 10.2. The van der Waals surface area contributed by atoms with Gasteiger partial charge in [-0.15, -0.1) is 10.2 Å². The molecule has 1 fully saturated rings. The fourth-order valence-electron chi connectivity index (χ4n) is 2.00. The summed E-state index contributed by atoms with van der Waals surface area (Å²) in [5.41, 5.74) is 0. The van der Waals surface area contributed by atoms with Crippen LogP contribution in [0, 0.1) is 0 Å². The van der Waals surface area contributed by atoms with E-state index in [0.29, 0.717) is 18.4 Å². The molecule has 3 rings (SSSR count). The Labute approximate surface area is 112 Å². The molecule has 1 aliphatic rings. The third kappa shape index (κ3) is 2.84. The van der Waals surface area contributed by atoms with Gasteiger partial charge >= 0.3 is 0 Å². The minimum Gasteiger partial charge on any atom is -0.424 e. The van der Waals surface area contributed by atoms with Crippen molar-refractivity contribution in [2.45, 2.75) is 51.2 Å². The average molecular weight is 261 g/mol. The maximum Gasteiger partial charge on any atom is 0.230 e. The van der Waals surface area contributed by atoms with E-state index in [-0.39, 0.29) is 12.1 Å². The lowest BCUT2D eigenvalue weighted by Gasteiger charge is -2.20. The minimum atomic E-state index is 0.274. The van der Waals surface area contributed by atoms with Crippen molar-refractivity contribution in [1.82, 2.24) is 25.3 Å². The highest BCUT2D eigenvalue weighted by atomic mass is 16.4. The summed E-state index contributed by atoms with van der Waals surface area (Å²) in [6.45, 7) is 4.87. The van der Waals surface area contributed by atoms with Crippen LogP contribution in [0.3, 0.4) is 0 Å². The van der Waals surface area contributed by atoms with Crippen molar-refractivity contribution in [3.63, 3.8) is 0 Å².